The molecule has 0 radical (unpaired) electrons. The summed E-state index contributed by atoms with van der Waals surface area (Å²) in [5.74, 6) is -0.926. The van der Waals surface area contributed by atoms with Gasteiger partial charge < -0.3 is 4.74 Å². The summed E-state index contributed by atoms with van der Waals surface area (Å²) >= 11 is 0. The van der Waals surface area contributed by atoms with E-state index >= 15 is 0 Å². The van der Waals surface area contributed by atoms with Crippen LogP contribution in [0.4, 0.5) is 0 Å². The van der Waals surface area contributed by atoms with Crippen LogP contribution in [0.5, 0.6) is 11.5 Å². The fourth-order valence-corrected chi connectivity index (χ4v) is 1.14. The number of rotatable bonds is 2. The summed E-state index contributed by atoms with van der Waals surface area (Å²) in [4.78, 5) is 0. The molecule has 0 aromatic heterocycles. The minimum atomic E-state index is -0.685. The Kier molecular flexibility index (Phi) is 1.32. The molecule has 2 aromatic carbocycles. The van der Waals surface area contributed by atoms with Crippen LogP contribution in [0.3, 0.4) is 0 Å². The van der Waals surface area contributed by atoms with Gasteiger partial charge in [-0.3, -0.25) is 0 Å². The van der Waals surface area contributed by atoms with Crippen LogP contribution in [-0.4, -0.2) is 0 Å². The Hall–Kier alpha value is -1.76. The molecule has 0 saturated heterocycles. The number of hydrogen-bond acceptors (Lipinski definition) is 1. The molecule has 0 bridgehead atoms. The minimum absolute atomic E-state index is 0.181. The van der Waals surface area contributed by atoms with Gasteiger partial charge in [0.15, 0.2) is 0 Å². The van der Waals surface area contributed by atoms with E-state index in [-0.39, 0.29) is 17.6 Å². The van der Waals surface area contributed by atoms with Gasteiger partial charge in [0, 0.05) is 0 Å². The second-order valence-corrected chi connectivity index (χ2v) is 4.51. The van der Waals surface area contributed by atoms with Gasteiger partial charge in [-0.15, -0.1) is 0 Å². The molecule has 0 atom stereocenters. The third-order valence-corrected chi connectivity index (χ3v) is 2.03. The largest absolute Gasteiger partial charge is 0.457 e. The standard InChI is InChI=1S/C16H18O/c1-16(2,3)13-8-7-11-15(12-13)17-14-9-5-4-6-10-14/h4-12H,1-3H3/i4D,5D,6D,7D,8D,9D,10D,11D,12D. The van der Waals surface area contributed by atoms with Crippen molar-refractivity contribution in [3.05, 3.63) is 59.9 Å². The predicted octanol–water partition coefficient (Wildman–Crippen LogP) is 4.78. The van der Waals surface area contributed by atoms with E-state index < -0.39 is 59.2 Å². The van der Waals surface area contributed by atoms with Gasteiger partial charge in [0.1, 0.15) is 11.5 Å². The van der Waals surface area contributed by atoms with Crippen molar-refractivity contribution in [2.75, 3.05) is 0 Å². The molecule has 1 nitrogen and oxygen atoms in total. The Labute approximate surface area is 116 Å². The summed E-state index contributed by atoms with van der Waals surface area (Å²) in [5.41, 5.74) is -0.504. The fraction of sp³-hybridized carbons (Fsp3) is 0.250. The lowest BCUT2D eigenvalue weighted by atomic mass is 9.87. The Morgan fingerprint density at radius 1 is 0.882 bits per heavy atom. The lowest BCUT2D eigenvalue weighted by Gasteiger charge is -2.19. The normalized spacial score (nSPS) is 18.6. The molecule has 0 aliphatic rings. The molecule has 2 rings (SSSR count). The van der Waals surface area contributed by atoms with Crippen LogP contribution < -0.4 is 4.74 Å². The van der Waals surface area contributed by atoms with E-state index in [1.165, 1.54) is 0 Å². The summed E-state index contributed by atoms with van der Waals surface area (Å²) in [7, 11) is 0. The number of para-hydroxylation sites is 1. The Balaban J connectivity index is 2.79. The van der Waals surface area contributed by atoms with Gasteiger partial charge in [-0.05, 0) is 35.1 Å². The van der Waals surface area contributed by atoms with E-state index in [0.29, 0.717) is 0 Å². The van der Waals surface area contributed by atoms with Gasteiger partial charge in [0.05, 0.1) is 12.3 Å². The molecule has 0 heterocycles. The van der Waals surface area contributed by atoms with Gasteiger partial charge in [0.2, 0.25) is 0 Å². The first-order valence-corrected chi connectivity index (χ1v) is 5.16. The first-order chi connectivity index (χ1) is 11.8. The highest BCUT2D eigenvalue weighted by molar-refractivity contribution is 5.36. The number of ether oxygens (including phenoxy) is 1. The quantitative estimate of drug-likeness (QED) is 0.728. The molecule has 0 amide bonds. The van der Waals surface area contributed by atoms with E-state index in [9.17, 15) is 0 Å². The van der Waals surface area contributed by atoms with Crippen molar-refractivity contribution in [1.29, 1.82) is 0 Å². The SMILES string of the molecule is [2H]c1c([2H])c([2H])c(Oc2c([2H])c([2H])c([2H])c(C(C)(C)C)c2[2H])c([2H])c1[2H]. The van der Waals surface area contributed by atoms with Crippen LogP contribution in [0.1, 0.15) is 38.7 Å². The highest BCUT2D eigenvalue weighted by atomic mass is 16.5. The van der Waals surface area contributed by atoms with Crippen molar-refractivity contribution < 1.29 is 17.1 Å². The highest BCUT2D eigenvalue weighted by Gasteiger charge is 2.13. The molecule has 0 unspecified atom stereocenters. The van der Waals surface area contributed by atoms with E-state index in [1.807, 2.05) is 0 Å². The molecule has 0 fully saturated rings. The number of benzene rings is 2. The minimum Gasteiger partial charge on any atom is -0.457 e. The topological polar surface area (TPSA) is 9.23 Å². The van der Waals surface area contributed by atoms with Crippen molar-refractivity contribution in [3.8, 4) is 11.5 Å². The third-order valence-electron chi connectivity index (χ3n) is 2.03. The molecular formula is C16H18O. The van der Waals surface area contributed by atoms with E-state index in [4.69, 9.17) is 17.1 Å². The molecule has 0 aliphatic heterocycles. The Morgan fingerprint density at radius 3 is 2.18 bits per heavy atom. The summed E-state index contributed by atoms with van der Waals surface area (Å²) in [6.45, 7) is 5.24. The lowest BCUT2D eigenvalue weighted by molar-refractivity contribution is 0.478. The van der Waals surface area contributed by atoms with Crippen molar-refractivity contribution in [1.82, 2.24) is 0 Å². The first kappa shape index (κ1) is 4.85. The van der Waals surface area contributed by atoms with Gasteiger partial charge in [-0.2, -0.15) is 0 Å². The van der Waals surface area contributed by atoms with Crippen LogP contribution in [0, 0.1) is 0 Å². The maximum atomic E-state index is 8.32. The Morgan fingerprint density at radius 2 is 1.53 bits per heavy atom. The van der Waals surface area contributed by atoms with Gasteiger partial charge in [0.25, 0.3) is 0 Å². The Bertz CT molecular complexity index is 871. The predicted molar refractivity (Wildman–Crippen MR) is 71.7 cm³/mol. The number of hydrogen-bond donors (Lipinski definition) is 0. The van der Waals surface area contributed by atoms with E-state index in [1.54, 1.807) is 20.8 Å². The average Bonchev–Trinajstić information content (AvgIpc) is 2.54. The van der Waals surface area contributed by atoms with Crippen molar-refractivity contribution in [2.24, 2.45) is 0 Å². The average molecular weight is 235 g/mol. The molecule has 0 aliphatic carbocycles. The third kappa shape index (κ3) is 3.10. The van der Waals surface area contributed by atoms with Crippen molar-refractivity contribution in [2.45, 2.75) is 26.2 Å². The van der Waals surface area contributed by atoms with Crippen molar-refractivity contribution in [3.63, 3.8) is 0 Å². The zero-order chi connectivity index (χ0) is 20.1. The summed E-state index contributed by atoms with van der Waals surface area (Å²) < 4.78 is 76.5. The van der Waals surface area contributed by atoms with Crippen LogP contribution in [-0.2, 0) is 5.41 Å². The molecular weight excluding hydrogens is 208 g/mol. The molecule has 88 valence electrons. The monoisotopic (exact) mass is 235 g/mol. The second kappa shape index (κ2) is 4.62. The van der Waals surface area contributed by atoms with Gasteiger partial charge in [-0.1, -0.05) is 51.0 Å². The summed E-state index contributed by atoms with van der Waals surface area (Å²) in [6, 6.07) is -4.55. The van der Waals surface area contributed by atoms with Crippen LogP contribution >= 0.6 is 0 Å². The zero-order valence-electron chi connectivity index (χ0n) is 18.9. The van der Waals surface area contributed by atoms with Crippen molar-refractivity contribution >= 4 is 0 Å². The summed E-state index contributed by atoms with van der Waals surface area (Å²) in [5, 5.41) is 0. The van der Waals surface area contributed by atoms with E-state index in [2.05, 4.69) is 0 Å². The molecule has 0 spiro atoms. The highest BCUT2D eigenvalue weighted by Crippen LogP contribution is 2.28. The van der Waals surface area contributed by atoms with Crippen LogP contribution in [0.2, 0.25) is 0 Å². The lowest BCUT2D eigenvalue weighted by Crippen LogP contribution is -2.10. The molecule has 0 saturated carbocycles. The first-order valence-electron chi connectivity index (χ1n) is 9.66. The maximum absolute atomic E-state index is 8.32. The molecule has 17 heavy (non-hydrogen) atoms. The maximum Gasteiger partial charge on any atom is 0.127 e. The smallest absolute Gasteiger partial charge is 0.127 e. The van der Waals surface area contributed by atoms with Crippen LogP contribution in [0.15, 0.2) is 54.4 Å². The van der Waals surface area contributed by atoms with Gasteiger partial charge >= 0.3 is 0 Å². The fourth-order valence-electron chi connectivity index (χ4n) is 1.14. The molecule has 2 aromatic rings. The van der Waals surface area contributed by atoms with E-state index in [0.717, 1.165) is 0 Å². The van der Waals surface area contributed by atoms with Crippen LogP contribution in [0.25, 0.3) is 0 Å². The van der Waals surface area contributed by atoms with Gasteiger partial charge in [-0.25, -0.2) is 0 Å². The summed E-state index contributed by atoms with van der Waals surface area (Å²) in [6.07, 6.45) is 0. The molecule has 0 N–H and O–H groups in total. The zero-order valence-corrected chi connectivity index (χ0v) is 9.91. The molecule has 1 heteroatoms. The second-order valence-electron chi connectivity index (χ2n) is 4.51.